The molecule has 0 saturated carbocycles. The van der Waals surface area contributed by atoms with Crippen LogP contribution in [0.1, 0.15) is 5.56 Å². The summed E-state index contributed by atoms with van der Waals surface area (Å²) in [5.74, 6) is -0.416. The molecule has 0 fully saturated rings. The number of alkyl halides is 3. The van der Waals surface area contributed by atoms with E-state index in [1.165, 1.54) is 18.2 Å². The second-order valence-corrected chi connectivity index (χ2v) is 5.36. The van der Waals surface area contributed by atoms with Gasteiger partial charge in [0.25, 0.3) is 0 Å². The Hall–Kier alpha value is -3.29. The van der Waals surface area contributed by atoms with Gasteiger partial charge in [0.15, 0.2) is 11.7 Å². The predicted octanol–water partition coefficient (Wildman–Crippen LogP) is 4.06. The molecule has 3 aromatic rings. The first-order valence-corrected chi connectivity index (χ1v) is 7.67. The summed E-state index contributed by atoms with van der Waals surface area (Å²) in [6, 6.07) is 15.1. The highest BCUT2D eigenvalue weighted by Gasteiger charge is 2.32. The van der Waals surface area contributed by atoms with Gasteiger partial charge in [0.2, 0.25) is 0 Å². The number of halogens is 3. The summed E-state index contributed by atoms with van der Waals surface area (Å²) in [5.41, 5.74) is 7.54. The molecule has 0 saturated heterocycles. The Bertz CT molecular complexity index is 936. The van der Waals surface area contributed by atoms with Gasteiger partial charge in [0.1, 0.15) is 0 Å². The van der Waals surface area contributed by atoms with Gasteiger partial charge < -0.3 is 15.8 Å². The van der Waals surface area contributed by atoms with Crippen LogP contribution < -0.4 is 15.8 Å². The second-order valence-electron chi connectivity index (χ2n) is 5.36. The van der Waals surface area contributed by atoms with Crippen molar-refractivity contribution in [1.29, 1.82) is 0 Å². The number of rotatable bonds is 4. The molecule has 134 valence electrons. The lowest BCUT2D eigenvalue weighted by Gasteiger charge is -2.14. The Morgan fingerprint density at radius 3 is 2.65 bits per heavy atom. The van der Waals surface area contributed by atoms with Gasteiger partial charge in [-0.05, 0) is 23.8 Å². The highest BCUT2D eigenvalue weighted by atomic mass is 19.4. The number of para-hydroxylation sites is 3. The number of aromatic nitrogens is 1. The molecule has 0 aliphatic heterocycles. The molecule has 1 heterocycles. The monoisotopic (exact) mass is 360 g/mol. The first kappa shape index (κ1) is 17.5. The fourth-order valence-corrected chi connectivity index (χ4v) is 2.43. The Labute approximate surface area is 147 Å². The predicted molar refractivity (Wildman–Crippen MR) is 93.8 cm³/mol. The molecule has 0 radical (unpaired) electrons. The van der Waals surface area contributed by atoms with Crippen molar-refractivity contribution in [2.24, 2.45) is 10.7 Å². The molecule has 3 N–H and O–H groups in total. The number of anilines is 1. The van der Waals surface area contributed by atoms with Crippen molar-refractivity contribution in [1.82, 2.24) is 4.98 Å². The lowest BCUT2D eigenvalue weighted by atomic mass is 10.1. The van der Waals surface area contributed by atoms with Gasteiger partial charge in [0, 0.05) is 11.6 Å². The average molecular weight is 360 g/mol. The third-order valence-corrected chi connectivity index (χ3v) is 3.51. The van der Waals surface area contributed by atoms with Crippen molar-refractivity contribution >= 4 is 22.5 Å². The third-order valence-electron chi connectivity index (χ3n) is 3.51. The SMILES string of the molecule is NC(=NCc1cccc2cccnc12)Nc1ccccc1OC(F)(F)F. The van der Waals surface area contributed by atoms with E-state index in [9.17, 15) is 13.2 Å². The largest absolute Gasteiger partial charge is 0.573 e. The lowest BCUT2D eigenvalue weighted by Crippen LogP contribution is -2.24. The van der Waals surface area contributed by atoms with E-state index < -0.39 is 6.36 Å². The van der Waals surface area contributed by atoms with Crippen LogP contribution in [0.3, 0.4) is 0 Å². The Morgan fingerprint density at radius 2 is 1.85 bits per heavy atom. The Kier molecular flexibility index (Phi) is 4.92. The summed E-state index contributed by atoms with van der Waals surface area (Å²) in [5, 5.41) is 3.60. The zero-order chi connectivity index (χ0) is 18.6. The van der Waals surface area contributed by atoms with Crippen LogP contribution in [-0.2, 0) is 6.54 Å². The summed E-state index contributed by atoms with van der Waals surface area (Å²) in [7, 11) is 0. The maximum Gasteiger partial charge on any atom is 0.573 e. The van der Waals surface area contributed by atoms with E-state index in [-0.39, 0.29) is 23.9 Å². The first-order valence-electron chi connectivity index (χ1n) is 7.67. The van der Waals surface area contributed by atoms with E-state index in [1.807, 2.05) is 30.3 Å². The molecule has 0 aliphatic rings. The van der Waals surface area contributed by atoms with Crippen LogP contribution in [0.25, 0.3) is 10.9 Å². The number of ether oxygens (including phenoxy) is 1. The van der Waals surface area contributed by atoms with Crippen LogP contribution in [0.15, 0.2) is 65.8 Å². The molecular weight excluding hydrogens is 345 g/mol. The van der Waals surface area contributed by atoms with Crippen molar-refractivity contribution in [2.45, 2.75) is 12.9 Å². The molecule has 0 unspecified atom stereocenters. The number of pyridine rings is 1. The lowest BCUT2D eigenvalue weighted by molar-refractivity contribution is -0.274. The fourth-order valence-electron chi connectivity index (χ4n) is 2.43. The molecule has 2 aromatic carbocycles. The Balaban J connectivity index is 1.77. The van der Waals surface area contributed by atoms with Gasteiger partial charge >= 0.3 is 6.36 Å². The Morgan fingerprint density at radius 1 is 1.08 bits per heavy atom. The number of hydrogen-bond donors (Lipinski definition) is 2. The zero-order valence-electron chi connectivity index (χ0n) is 13.5. The summed E-state index contributed by atoms with van der Waals surface area (Å²) in [6.45, 7) is 0.232. The summed E-state index contributed by atoms with van der Waals surface area (Å²) >= 11 is 0. The topological polar surface area (TPSA) is 72.5 Å². The number of guanidine groups is 1. The van der Waals surface area contributed by atoms with Gasteiger partial charge in [-0.2, -0.15) is 0 Å². The van der Waals surface area contributed by atoms with Crippen LogP contribution in [0.5, 0.6) is 5.75 Å². The highest BCUT2D eigenvalue weighted by Crippen LogP contribution is 2.29. The molecule has 0 atom stereocenters. The molecule has 1 aromatic heterocycles. The van der Waals surface area contributed by atoms with Crippen molar-refractivity contribution in [2.75, 3.05) is 5.32 Å². The van der Waals surface area contributed by atoms with Gasteiger partial charge in [-0.3, -0.25) is 4.98 Å². The van der Waals surface area contributed by atoms with E-state index in [2.05, 4.69) is 20.0 Å². The minimum atomic E-state index is -4.79. The smallest absolute Gasteiger partial charge is 0.404 e. The van der Waals surface area contributed by atoms with Crippen molar-refractivity contribution in [3.05, 3.63) is 66.4 Å². The number of fused-ring (bicyclic) bond motifs is 1. The van der Waals surface area contributed by atoms with Gasteiger partial charge in [-0.1, -0.05) is 36.4 Å². The summed E-state index contributed by atoms with van der Waals surface area (Å²) < 4.78 is 41.3. The van der Waals surface area contributed by atoms with E-state index in [4.69, 9.17) is 5.73 Å². The minimum absolute atomic E-state index is 0.0313. The molecule has 3 rings (SSSR count). The molecule has 0 bridgehead atoms. The van der Waals surface area contributed by atoms with E-state index in [0.29, 0.717) is 0 Å². The number of nitrogens with zero attached hydrogens (tertiary/aromatic N) is 2. The first-order chi connectivity index (χ1) is 12.4. The minimum Gasteiger partial charge on any atom is -0.404 e. The third kappa shape index (κ3) is 4.41. The van der Waals surface area contributed by atoms with Crippen LogP contribution in [-0.4, -0.2) is 17.3 Å². The molecule has 8 heteroatoms. The van der Waals surface area contributed by atoms with E-state index in [1.54, 1.807) is 12.3 Å². The number of aliphatic imine (C=N–C) groups is 1. The number of nitrogens with one attached hydrogen (secondary N) is 1. The van der Waals surface area contributed by atoms with Gasteiger partial charge in [0.05, 0.1) is 17.7 Å². The van der Waals surface area contributed by atoms with Gasteiger partial charge in [-0.25, -0.2) is 4.99 Å². The van der Waals surface area contributed by atoms with E-state index in [0.717, 1.165) is 16.5 Å². The van der Waals surface area contributed by atoms with Crippen LogP contribution >= 0.6 is 0 Å². The van der Waals surface area contributed by atoms with Crippen molar-refractivity contribution in [3.8, 4) is 5.75 Å². The fraction of sp³-hybridized carbons (Fsp3) is 0.111. The normalized spacial score (nSPS) is 12.2. The second kappa shape index (κ2) is 7.30. The van der Waals surface area contributed by atoms with Crippen molar-refractivity contribution < 1.29 is 17.9 Å². The number of nitrogens with two attached hydrogens (primary N) is 1. The standard InChI is InChI=1S/C18H15F3N4O/c19-18(20,21)26-15-9-2-1-8-14(15)25-17(22)24-11-13-6-3-5-12-7-4-10-23-16(12)13/h1-10H,11H2,(H3,22,24,25). The van der Waals surface area contributed by atoms with Crippen LogP contribution in [0.2, 0.25) is 0 Å². The number of hydrogen-bond acceptors (Lipinski definition) is 3. The molecule has 0 spiro atoms. The van der Waals surface area contributed by atoms with Crippen molar-refractivity contribution in [3.63, 3.8) is 0 Å². The van der Waals surface area contributed by atoms with E-state index >= 15 is 0 Å². The maximum absolute atomic E-state index is 12.5. The van der Waals surface area contributed by atoms with Crippen LogP contribution in [0, 0.1) is 0 Å². The molecule has 0 aliphatic carbocycles. The maximum atomic E-state index is 12.5. The van der Waals surface area contributed by atoms with Crippen LogP contribution in [0.4, 0.5) is 18.9 Å². The molecule has 26 heavy (non-hydrogen) atoms. The quantitative estimate of drug-likeness (QED) is 0.544. The highest BCUT2D eigenvalue weighted by molar-refractivity contribution is 5.93. The summed E-state index contributed by atoms with van der Waals surface area (Å²) in [4.78, 5) is 8.51. The molecule has 0 amide bonds. The zero-order valence-corrected chi connectivity index (χ0v) is 13.5. The number of benzene rings is 2. The summed E-state index contributed by atoms with van der Waals surface area (Å²) in [6.07, 6.45) is -3.11. The average Bonchev–Trinajstić information content (AvgIpc) is 2.60. The van der Waals surface area contributed by atoms with Gasteiger partial charge in [-0.15, -0.1) is 13.2 Å². The molecule has 5 nitrogen and oxygen atoms in total. The molecular formula is C18H15F3N4O.